The van der Waals surface area contributed by atoms with Crippen LogP contribution in [-0.4, -0.2) is 19.1 Å². The average molecular weight is 267 g/mol. The van der Waals surface area contributed by atoms with Crippen LogP contribution < -0.4 is 10.6 Å². The topological polar surface area (TPSA) is 29.3 Å². The lowest BCUT2D eigenvalue weighted by Crippen LogP contribution is -2.34. The highest BCUT2D eigenvalue weighted by Gasteiger charge is 2.17. The number of rotatable bonds is 3. The van der Waals surface area contributed by atoms with Gasteiger partial charge in [-0.3, -0.25) is 0 Å². The summed E-state index contributed by atoms with van der Waals surface area (Å²) in [6.07, 6.45) is 3.46. The second kappa shape index (κ2) is 5.94. The van der Waals surface area contributed by atoms with Crippen LogP contribution in [0.5, 0.6) is 0 Å². The summed E-state index contributed by atoms with van der Waals surface area (Å²) in [7, 11) is 0. The Labute approximate surface area is 115 Å². The minimum Gasteiger partial charge on any atom is -0.371 e. The fraction of sp³-hybridized carbons (Fsp3) is 0.600. The Balaban J connectivity index is 2.12. The molecule has 2 unspecified atom stereocenters. The van der Waals surface area contributed by atoms with Crippen molar-refractivity contribution in [3.8, 4) is 0 Å². The van der Waals surface area contributed by atoms with E-state index in [0.29, 0.717) is 0 Å². The summed E-state index contributed by atoms with van der Waals surface area (Å²) in [5.74, 6) is 0.779. The SMILES string of the molecule is CC(N)Cc1ccc(N2CCCC(C)C2)cc1Cl. The van der Waals surface area contributed by atoms with Crippen LogP contribution in [0, 0.1) is 5.92 Å². The second-order valence-electron chi connectivity index (χ2n) is 5.65. The molecule has 1 saturated heterocycles. The Morgan fingerprint density at radius 3 is 2.89 bits per heavy atom. The van der Waals surface area contributed by atoms with Crippen LogP contribution in [0.25, 0.3) is 0 Å². The monoisotopic (exact) mass is 266 g/mol. The van der Waals surface area contributed by atoms with Crippen molar-refractivity contribution < 1.29 is 0 Å². The van der Waals surface area contributed by atoms with Gasteiger partial charge in [0.15, 0.2) is 0 Å². The minimum atomic E-state index is 0.156. The fourth-order valence-corrected chi connectivity index (χ4v) is 2.92. The van der Waals surface area contributed by atoms with Gasteiger partial charge < -0.3 is 10.6 Å². The number of hydrogen-bond donors (Lipinski definition) is 1. The van der Waals surface area contributed by atoms with Gasteiger partial charge in [0.2, 0.25) is 0 Å². The van der Waals surface area contributed by atoms with Crippen LogP contribution >= 0.6 is 11.6 Å². The van der Waals surface area contributed by atoms with E-state index in [9.17, 15) is 0 Å². The van der Waals surface area contributed by atoms with E-state index in [0.717, 1.165) is 36.0 Å². The molecule has 2 rings (SSSR count). The van der Waals surface area contributed by atoms with Crippen LogP contribution in [0.3, 0.4) is 0 Å². The van der Waals surface area contributed by atoms with E-state index in [-0.39, 0.29) is 6.04 Å². The van der Waals surface area contributed by atoms with Gasteiger partial charge >= 0.3 is 0 Å². The molecule has 0 radical (unpaired) electrons. The summed E-state index contributed by atoms with van der Waals surface area (Å²) in [6, 6.07) is 6.56. The molecule has 0 spiro atoms. The predicted molar refractivity (Wildman–Crippen MR) is 79.4 cm³/mol. The van der Waals surface area contributed by atoms with Crippen molar-refractivity contribution in [3.05, 3.63) is 28.8 Å². The van der Waals surface area contributed by atoms with Crippen molar-refractivity contribution in [1.82, 2.24) is 0 Å². The molecule has 3 heteroatoms. The Kier molecular flexibility index (Phi) is 4.52. The molecule has 2 nitrogen and oxygen atoms in total. The van der Waals surface area contributed by atoms with E-state index >= 15 is 0 Å². The summed E-state index contributed by atoms with van der Waals surface area (Å²) in [6.45, 7) is 6.62. The van der Waals surface area contributed by atoms with E-state index in [1.165, 1.54) is 18.5 Å². The maximum absolute atomic E-state index is 6.35. The van der Waals surface area contributed by atoms with Crippen LogP contribution in [0.1, 0.15) is 32.3 Å². The Hall–Kier alpha value is -0.730. The van der Waals surface area contributed by atoms with Crippen LogP contribution in [0.4, 0.5) is 5.69 Å². The number of nitrogens with two attached hydrogens (primary N) is 1. The maximum atomic E-state index is 6.35. The van der Waals surface area contributed by atoms with Gasteiger partial charge in [0, 0.05) is 29.8 Å². The molecule has 2 atom stereocenters. The van der Waals surface area contributed by atoms with Gasteiger partial charge in [-0.2, -0.15) is 0 Å². The first-order valence-corrected chi connectivity index (χ1v) is 7.23. The van der Waals surface area contributed by atoms with E-state index in [1.54, 1.807) is 0 Å². The number of piperidine rings is 1. The molecule has 0 aliphatic carbocycles. The fourth-order valence-electron chi connectivity index (χ4n) is 2.67. The van der Waals surface area contributed by atoms with Crippen molar-refractivity contribution in [3.63, 3.8) is 0 Å². The zero-order valence-electron chi connectivity index (χ0n) is 11.3. The molecule has 1 fully saturated rings. The van der Waals surface area contributed by atoms with Crippen molar-refractivity contribution in [1.29, 1.82) is 0 Å². The van der Waals surface area contributed by atoms with Gasteiger partial charge in [-0.25, -0.2) is 0 Å². The first kappa shape index (κ1) is 13.7. The molecule has 1 aromatic carbocycles. The Morgan fingerprint density at radius 2 is 2.28 bits per heavy atom. The highest BCUT2D eigenvalue weighted by Crippen LogP contribution is 2.28. The zero-order valence-corrected chi connectivity index (χ0v) is 12.1. The molecule has 1 heterocycles. The van der Waals surface area contributed by atoms with Crippen LogP contribution in [0.2, 0.25) is 5.02 Å². The number of hydrogen-bond acceptors (Lipinski definition) is 2. The predicted octanol–water partition coefficient (Wildman–Crippen LogP) is 3.47. The highest BCUT2D eigenvalue weighted by molar-refractivity contribution is 6.31. The standard InChI is InChI=1S/C15H23ClN2/c1-11-4-3-7-18(10-11)14-6-5-13(8-12(2)17)15(16)9-14/h5-6,9,11-12H,3-4,7-8,10,17H2,1-2H3. The van der Waals surface area contributed by atoms with Gasteiger partial charge in [-0.1, -0.05) is 24.6 Å². The summed E-state index contributed by atoms with van der Waals surface area (Å²) >= 11 is 6.35. The van der Waals surface area contributed by atoms with Gasteiger partial charge in [0.1, 0.15) is 0 Å². The molecule has 1 aliphatic heterocycles. The van der Waals surface area contributed by atoms with Crippen molar-refractivity contribution in [2.24, 2.45) is 11.7 Å². The Bertz CT molecular complexity index is 403. The van der Waals surface area contributed by atoms with E-state index in [1.807, 2.05) is 6.92 Å². The third kappa shape index (κ3) is 3.39. The highest BCUT2D eigenvalue weighted by atomic mass is 35.5. The third-order valence-electron chi connectivity index (χ3n) is 3.60. The smallest absolute Gasteiger partial charge is 0.0459 e. The quantitative estimate of drug-likeness (QED) is 0.908. The molecule has 2 N–H and O–H groups in total. The van der Waals surface area contributed by atoms with Crippen molar-refractivity contribution in [2.75, 3.05) is 18.0 Å². The first-order valence-electron chi connectivity index (χ1n) is 6.85. The summed E-state index contributed by atoms with van der Waals surface area (Å²) in [5.41, 5.74) is 8.23. The third-order valence-corrected chi connectivity index (χ3v) is 3.95. The van der Waals surface area contributed by atoms with Gasteiger partial charge in [0.05, 0.1) is 0 Å². The average Bonchev–Trinajstić information content (AvgIpc) is 2.31. The number of benzene rings is 1. The number of nitrogens with zero attached hydrogens (tertiary/aromatic N) is 1. The lowest BCUT2D eigenvalue weighted by Gasteiger charge is -2.33. The zero-order chi connectivity index (χ0) is 13.1. The summed E-state index contributed by atoms with van der Waals surface area (Å²) in [5, 5.41) is 0.850. The van der Waals surface area contributed by atoms with Gasteiger partial charge in [-0.05, 0) is 49.8 Å². The van der Waals surface area contributed by atoms with Gasteiger partial charge in [0.25, 0.3) is 0 Å². The van der Waals surface area contributed by atoms with Crippen molar-refractivity contribution >= 4 is 17.3 Å². The molecule has 100 valence electrons. The van der Waals surface area contributed by atoms with Crippen molar-refractivity contribution in [2.45, 2.75) is 39.2 Å². The lowest BCUT2D eigenvalue weighted by molar-refractivity contribution is 0.447. The molecule has 0 saturated carbocycles. The molecule has 0 amide bonds. The summed E-state index contributed by atoms with van der Waals surface area (Å²) < 4.78 is 0. The minimum absolute atomic E-state index is 0.156. The molecule has 1 aromatic rings. The first-order chi connectivity index (χ1) is 8.56. The van der Waals surface area contributed by atoms with E-state index < -0.39 is 0 Å². The lowest BCUT2D eigenvalue weighted by atomic mass is 9.99. The van der Waals surface area contributed by atoms with Gasteiger partial charge in [-0.15, -0.1) is 0 Å². The number of anilines is 1. The molecule has 0 aromatic heterocycles. The largest absolute Gasteiger partial charge is 0.371 e. The molecule has 0 bridgehead atoms. The molecular weight excluding hydrogens is 244 g/mol. The van der Waals surface area contributed by atoms with Crippen LogP contribution in [-0.2, 0) is 6.42 Å². The number of halogens is 1. The summed E-state index contributed by atoms with van der Waals surface area (Å²) in [4.78, 5) is 2.44. The van der Waals surface area contributed by atoms with E-state index in [2.05, 4.69) is 30.0 Å². The maximum Gasteiger partial charge on any atom is 0.0459 e. The molecular formula is C15H23ClN2. The van der Waals surface area contributed by atoms with E-state index in [4.69, 9.17) is 17.3 Å². The van der Waals surface area contributed by atoms with Crippen LogP contribution in [0.15, 0.2) is 18.2 Å². The Morgan fingerprint density at radius 1 is 1.50 bits per heavy atom. The molecule has 18 heavy (non-hydrogen) atoms. The molecule has 1 aliphatic rings. The normalized spacial score (nSPS) is 22.0. The second-order valence-corrected chi connectivity index (χ2v) is 6.06.